The van der Waals surface area contributed by atoms with E-state index in [-0.39, 0.29) is 17.5 Å². The number of ether oxygens (including phenoxy) is 2. The molecule has 0 bridgehead atoms. The molecule has 2 atom stereocenters. The van der Waals surface area contributed by atoms with Crippen LogP contribution in [0.15, 0.2) is 91.0 Å². The Morgan fingerprint density at radius 1 is 0.774 bits per heavy atom. The van der Waals surface area contributed by atoms with E-state index in [9.17, 15) is 9.59 Å². The third kappa shape index (κ3) is 4.09. The molecule has 158 valence electrons. The highest BCUT2D eigenvalue weighted by Crippen LogP contribution is 2.44. The van der Waals surface area contributed by atoms with Crippen LogP contribution in [0.4, 0.5) is 0 Å². The average molecular weight is 415 g/mol. The third-order valence-electron chi connectivity index (χ3n) is 5.54. The third-order valence-corrected chi connectivity index (χ3v) is 5.54. The molecule has 4 rings (SSSR count). The zero-order chi connectivity index (χ0) is 21.8. The van der Waals surface area contributed by atoms with Crippen molar-refractivity contribution in [1.82, 2.24) is 0 Å². The number of benzene rings is 3. The van der Waals surface area contributed by atoms with Crippen LogP contribution in [-0.4, -0.2) is 23.3 Å². The van der Waals surface area contributed by atoms with E-state index in [0.717, 1.165) is 5.56 Å². The molecule has 3 aromatic rings. The summed E-state index contributed by atoms with van der Waals surface area (Å²) in [6.07, 6.45) is -0.996. The van der Waals surface area contributed by atoms with Crippen molar-refractivity contribution in [3.63, 3.8) is 0 Å². The quantitative estimate of drug-likeness (QED) is 0.370. The molecule has 0 unspecified atom stereocenters. The summed E-state index contributed by atoms with van der Waals surface area (Å²) in [5.41, 5.74) is -0.122. The van der Waals surface area contributed by atoms with Crippen LogP contribution >= 0.6 is 0 Å². The molecule has 0 amide bonds. The smallest absolute Gasteiger partial charge is 0.222 e. The molecule has 1 aliphatic heterocycles. The zero-order valence-corrected chi connectivity index (χ0v) is 17.7. The van der Waals surface area contributed by atoms with Gasteiger partial charge in [0.2, 0.25) is 17.2 Å². The van der Waals surface area contributed by atoms with Crippen LogP contribution in [0.25, 0.3) is 0 Å². The molecule has 1 aliphatic rings. The molecule has 31 heavy (non-hydrogen) atoms. The van der Waals surface area contributed by atoms with E-state index in [1.54, 1.807) is 48.5 Å². The van der Waals surface area contributed by atoms with Crippen LogP contribution in [-0.2, 0) is 9.47 Å². The highest BCUT2D eigenvalue weighted by molar-refractivity contribution is 6.23. The largest absolute Gasteiger partial charge is 0.341 e. The van der Waals surface area contributed by atoms with E-state index in [1.165, 1.54) is 0 Å². The lowest BCUT2D eigenvalue weighted by atomic mass is 9.78. The predicted octanol–water partition coefficient (Wildman–Crippen LogP) is 5.65. The molecule has 3 aromatic carbocycles. The molecule has 0 aliphatic carbocycles. The molecule has 0 saturated carbocycles. The van der Waals surface area contributed by atoms with Crippen LogP contribution < -0.4 is 0 Å². The van der Waals surface area contributed by atoms with Gasteiger partial charge in [0.25, 0.3) is 0 Å². The lowest BCUT2D eigenvalue weighted by Gasteiger charge is -2.31. The summed E-state index contributed by atoms with van der Waals surface area (Å²) in [6, 6.07) is 27.1. The topological polar surface area (TPSA) is 52.6 Å². The summed E-state index contributed by atoms with van der Waals surface area (Å²) in [5.74, 6) is -0.535. The summed E-state index contributed by atoms with van der Waals surface area (Å²) in [7, 11) is 0. The summed E-state index contributed by atoms with van der Waals surface area (Å²) >= 11 is 0. The van der Waals surface area contributed by atoms with Crippen LogP contribution in [0.3, 0.4) is 0 Å². The number of hydrogen-bond donors (Lipinski definition) is 0. The molecular weight excluding hydrogens is 388 g/mol. The Hall–Kier alpha value is -3.08. The number of hydrogen-bond acceptors (Lipinski definition) is 4. The second kappa shape index (κ2) is 8.96. The van der Waals surface area contributed by atoms with E-state index >= 15 is 0 Å². The van der Waals surface area contributed by atoms with Gasteiger partial charge in [0.1, 0.15) is 6.10 Å². The van der Waals surface area contributed by atoms with E-state index in [2.05, 4.69) is 0 Å². The molecule has 0 radical (unpaired) electrons. The SMILES string of the molecule is CC(C)C[C@H]1O[C@@H](c2ccccc2)OC1(C(=O)c1ccccc1)C(=O)c1ccccc1. The fourth-order valence-electron chi connectivity index (χ4n) is 4.03. The first kappa shape index (κ1) is 21.2. The molecule has 4 nitrogen and oxygen atoms in total. The van der Waals surface area contributed by atoms with Crippen molar-refractivity contribution in [3.05, 3.63) is 108 Å². The van der Waals surface area contributed by atoms with E-state index in [0.29, 0.717) is 17.5 Å². The molecular formula is C27H26O4. The van der Waals surface area contributed by atoms with Gasteiger partial charge in [-0.15, -0.1) is 0 Å². The Labute approximate surface area is 182 Å². The van der Waals surface area contributed by atoms with Gasteiger partial charge >= 0.3 is 0 Å². The molecule has 4 heteroatoms. The Balaban J connectivity index is 1.86. The monoisotopic (exact) mass is 414 g/mol. The zero-order valence-electron chi connectivity index (χ0n) is 17.7. The highest BCUT2D eigenvalue weighted by atomic mass is 16.7. The van der Waals surface area contributed by atoms with Crippen molar-refractivity contribution in [2.24, 2.45) is 5.92 Å². The van der Waals surface area contributed by atoms with Crippen molar-refractivity contribution < 1.29 is 19.1 Å². The lowest BCUT2D eigenvalue weighted by Crippen LogP contribution is -2.54. The standard InChI is InChI=1S/C27H26O4/c1-19(2)18-23-27(24(28)20-12-6-3-7-13-20,25(29)21-14-8-4-9-15-21)31-26(30-23)22-16-10-5-11-17-22/h3-17,19,23,26H,18H2,1-2H3/t23-,26-/m1/s1. The van der Waals surface area contributed by atoms with E-state index in [4.69, 9.17) is 9.47 Å². The molecule has 1 fully saturated rings. The predicted molar refractivity (Wildman–Crippen MR) is 119 cm³/mol. The lowest BCUT2D eigenvalue weighted by molar-refractivity contribution is -0.0774. The van der Waals surface area contributed by atoms with Crippen molar-refractivity contribution in [2.45, 2.75) is 38.3 Å². The first-order valence-corrected chi connectivity index (χ1v) is 10.6. The van der Waals surface area contributed by atoms with Gasteiger partial charge in [-0.05, 0) is 12.3 Å². The fourth-order valence-corrected chi connectivity index (χ4v) is 4.03. The number of Topliss-reactive ketones (excluding diaryl/α,β-unsaturated/α-hetero) is 2. The van der Waals surface area contributed by atoms with Crippen molar-refractivity contribution in [3.8, 4) is 0 Å². The second-order valence-corrected chi connectivity index (χ2v) is 8.24. The van der Waals surface area contributed by atoms with Gasteiger partial charge in [-0.25, -0.2) is 0 Å². The number of carbonyl (C=O) groups is 2. The van der Waals surface area contributed by atoms with Gasteiger partial charge < -0.3 is 9.47 Å². The molecule has 0 spiro atoms. The molecule has 0 N–H and O–H groups in total. The summed E-state index contributed by atoms with van der Waals surface area (Å²) in [5, 5.41) is 0. The van der Waals surface area contributed by atoms with Gasteiger partial charge in [0, 0.05) is 16.7 Å². The Kier molecular flexibility index (Phi) is 6.12. The minimum atomic E-state index is -1.76. The maximum Gasteiger partial charge on any atom is 0.222 e. The maximum atomic E-state index is 13.9. The summed E-state index contributed by atoms with van der Waals surface area (Å²) in [6.45, 7) is 4.09. The number of ketones is 2. The van der Waals surface area contributed by atoms with Crippen molar-refractivity contribution >= 4 is 11.6 Å². The van der Waals surface area contributed by atoms with E-state index in [1.807, 2.05) is 56.3 Å². The summed E-state index contributed by atoms with van der Waals surface area (Å²) < 4.78 is 12.7. The Morgan fingerprint density at radius 2 is 1.23 bits per heavy atom. The van der Waals surface area contributed by atoms with Gasteiger partial charge in [-0.2, -0.15) is 0 Å². The molecule has 0 aromatic heterocycles. The van der Waals surface area contributed by atoms with Crippen LogP contribution in [0.2, 0.25) is 0 Å². The summed E-state index contributed by atoms with van der Waals surface area (Å²) in [4.78, 5) is 27.9. The van der Waals surface area contributed by atoms with Crippen LogP contribution in [0, 0.1) is 5.92 Å². The Bertz CT molecular complexity index is 977. The van der Waals surface area contributed by atoms with Gasteiger partial charge in [0.05, 0.1) is 0 Å². The number of rotatable bonds is 7. The fraction of sp³-hybridized carbons (Fsp3) is 0.259. The van der Waals surface area contributed by atoms with Gasteiger partial charge in [-0.1, -0.05) is 105 Å². The number of carbonyl (C=O) groups excluding carboxylic acids is 2. The first-order valence-electron chi connectivity index (χ1n) is 10.6. The minimum absolute atomic E-state index is 0.203. The molecule has 1 heterocycles. The van der Waals surface area contributed by atoms with Crippen LogP contribution in [0.5, 0.6) is 0 Å². The normalized spacial score (nSPS) is 20.0. The highest BCUT2D eigenvalue weighted by Gasteiger charge is 2.60. The Morgan fingerprint density at radius 3 is 1.68 bits per heavy atom. The second-order valence-electron chi connectivity index (χ2n) is 8.24. The first-order chi connectivity index (χ1) is 15.0. The van der Waals surface area contributed by atoms with E-state index < -0.39 is 18.0 Å². The average Bonchev–Trinajstić information content (AvgIpc) is 3.19. The van der Waals surface area contributed by atoms with Crippen molar-refractivity contribution in [1.29, 1.82) is 0 Å². The van der Waals surface area contributed by atoms with Crippen LogP contribution in [0.1, 0.15) is 52.8 Å². The molecule has 1 saturated heterocycles. The maximum absolute atomic E-state index is 13.9. The van der Waals surface area contributed by atoms with Gasteiger partial charge in [0.15, 0.2) is 6.29 Å². The van der Waals surface area contributed by atoms with Crippen molar-refractivity contribution in [2.75, 3.05) is 0 Å². The minimum Gasteiger partial charge on any atom is -0.341 e. The van der Waals surface area contributed by atoms with Gasteiger partial charge in [-0.3, -0.25) is 9.59 Å².